The molecule has 0 aliphatic carbocycles. The van der Waals surface area contributed by atoms with Crippen LogP contribution in [-0.4, -0.2) is 17.7 Å². The average Bonchev–Trinajstić information content (AvgIpc) is 2.28. The molecule has 0 atom stereocenters. The summed E-state index contributed by atoms with van der Waals surface area (Å²) >= 11 is 0. The Hall–Kier alpha value is -0.440. The highest BCUT2D eigenvalue weighted by molar-refractivity contribution is 8.15. The maximum Gasteiger partial charge on any atom is 0.154 e. The Morgan fingerprint density at radius 1 is 1.23 bits per heavy atom. The van der Waals surface area contributed by atoms with Crippen LogP contribution >= 0.6 is 10.9 Å². The van der Waals surface area contributed by atoms with Crippen LogP contribution < -0.4 is 0 Å². The monoisotopic (exact) mass is 201 g/mol. The first kappa shape index (κ1) is 10.6. The summed E-state index contributed by atoms with van der Waals surface area (Å²) < 4.78 is 5.39. The van der Waals surface area contributed by atoms with Gasteiger partial charge in [-0.15, -0.1) is 0 Å². The molecular formula is C10H19NOS. The molecule has 0 saturated heterocycles. The van der Waals surface area contributed by atoms with Crippen molar-refractivity contribution in [2.45, 2.75) is 38.0 Å². The van der Waals surface area contributed by atoms with E-state index in [-0.39, 0.29) is 16.3 Å². The second-order valence-electron chi connectivity index (χ2n) is 4.59. The van der Waals surface area contributed by atoms with E-state index in [0.717, 1.165) is 11.5 Å². The van der Waals surface area contributed by atoms with Crippen LogP contribution in [0.5, 0.6) is 0 Å². The summed E-state index contributed by atoms with van der Waals surface area (Å²) in [6.45, 7) is 8.51. The zero-order valence-electron chi connectivity index (χ0n) is 9.30. The highest BCUT2D eigenvalue weighted by atomic mass is 32.2. The van der Waals surface area contributed by atoms with E-state index in [4.69, 9.17) is 4.52 Å². The molecule has 0 aromatic carbocycles. The number of aryl methyl sites for hydroxylation is 1. The molecule has 0 bridgehead atoms. The second kappa shape index (κ2) is 3.37. The van der Waals surface area contributed by atoms with Gasteiger partial charge in [0.2, 0.25) is 0 Å². The molecule has 76 valence electrons. The lowest BCUT2D eigenvalue weighted by atomic mass is 9.93. The average molecular weight is 201 g/mol. The summed E-state index contributed by atoms with van der Waals surface area (Å²) in [4.78, 5) is 1.34. The van der Waals surface area contributed by atoms with Gasteiger partial charge >= 0.3 is 0 Å². The van der Waals surface area contributed by atoms with Crippen molar-refractivity contribution < 1.29 is 4.52 Å². The molecule has 0 fully saturated rings. The predicted molar refractivity (Wildman–Crippen MR) is 59.0 cm³/mol. The van der Waals surface area contributed by atoms with Crippen molar-refractivity contribution >= 4 is 10.9 Å². The lowest BCUT2D eigenvalue weighted by molar-refractivity contribution is 0.322. The Kier molecular flexibility index (Phi) is 2.76. The van der Waals surface area contributed by atoms with Crippen LogP contribution in [0.25, 0.3) is 0 Å². The molecule has 0 aliphatic heterocycles. The Morgan fingerprint density at radius 2 is 1.77 bits per heavy atom. The van der Waals surface area contributed by atoms with Crippen molar-refractivity contribution in [3.05, 3.63) is 11.5 Å². The van der Waals surface area contributed by atoms with Crippen molar-refractivity contribution in [3.8, 4) is 0 Å². The Bertz CT molecular complexity index is 296. The van der Waals surface area contributed by atoms with Gasteiger partial charge in [0.15, 0.2) is 5.76 Å². The van der Waals surface area contributed by atoms with E-state index in [0.29, 0.717) is 0 Å². The number of hydrogen-bond acceptors (Lipinski definition) is 2. The first-order valence-electron chi connectivity index (χ1n) is 4.48. The Balaban J connectivity index is 3.23. The zero-order valence-corrected chi connectivity index (χ0v) is 10.2. The highest BCUT2D eigenvalue weighted by Crippen LogP contribution is 2.39. The summed E-state index contributed by atoms with van der Waals surface area (Å²) in [5, 5.41) is 4.05. The lowest BCUT2D eigenvalue weighted by Gasteiger charge is -2.19. The predicted octanol–water partition coefficient (Wildman–Crippen LogP) is 2.90. The first-order valence-corrected chi connectivity index (χ1v) is 6.71. The summed E-state index contributed by atoms with van der Waals surface area (Å²) in [6.07, 6.45) is 4.48. The van der Waals surface area contributed by atoms with Gasteiger partial charge in [-0.05, 0) is 19.4 Å². The molecule has 2 nitrogen and oxygen atoms in total. The standard InChI is InChI=1S/C10H19NOS/c1-7-8(13(5)6)9(12-11-7)10(2,3)4/h13H,1-6H3. The fraction of sp³-hybridized carbons (Fsp3) is 0.700. The van der Waals surface area contributed by atoms with Crippen LogP contribution in [0.15, 0.2) is 9.42 Å². The minimum absolute atomic E-state index is 0.0726. The molecule has 0 saturated carbocycles. The van der Waals surface area contributed by atoms with Gasteiger partial charge in [-0.1, -0.05) is 25.9 Å². The second-order valence-corrected chi connectivity index (χ2v) is 6.83. The molecule has 1 aromatic heterocycles. The number of nitrogens with zero attached hydrogens (tertiary/aromatic N) is 1. The molecule has 1 heterocycles. The third-order valence-corrected chi connectivity index (χ3v) is 3.38. The van der Waals surface area contributed by atoms with E-state index in [1.54, 1.807) is 0 Å². The number of aromatic nitrogens is 1. The molecule has 0 radical (unpaired) electrons. The van der Waals surface area contributed by atoms with E-state index in [2.05, 4.69) is 38.4 Å². The fourth-order valence-corrected chi connectivity index (χ4v) is 2.85. The van der Waals surface area contributed by atoms with E-state index < -0.39 is 0 Å². The van der Waals surface area contributed by atoms with Gasteiger partial charge in [0.05, 0.1) is 10.6 Å². The van der Waals surface area contributed by atoms with E-state index in [1.165, 1.54) is 4.90 Å². The van der Waals surface area contributed by atoms with Crippen LogP contribution in [-0.2, 0) is 5.41 Å². The minimum Gasteiger partial charge on any atom is -0.359 e. The molecule has 0 aliphatic rings. The van der Waals surface area contributed by atoms with Gasteiger partial charge in [-0.2, -0.15) is 0 Å². The SMILES string of the molecule is Cc1noc(C(C)(C)C)c1[SH](C)C. The summed E-state index contributed by atoms with van der Waals surface area (Å²) in [6, 6.07) is 0. The molecule has 0 spiro atoms. The van der Waals surface area contributed by atoms with E-state index in [9.17, 15) is 0 Å². The molecule has 1 aromatic rings. The van der Waals surface area contributed by atoms with Crippen LogP contribution in [0.1, 0.15) is 32.2 Å². The number of rotatable bonds is 1. The van der Waals surface area contributed by atoms with Gasteiger partial charge in [-0.25, -0.2) is 10.9 Å². The van der Waals surface area contributed by atoms with Crippen molar-refractivity contribution in [1.29, 1.82) is 0 Å². The summed E-state index contributed by atoms with van der Waals surface area (Å²) in [5.41, 5.74) is 1.13. The highest BCUT2D eigenvalue weighted by Gasteiger charge is 2.25. The van der Waals surface area contributed by atoms with Crippen molar-refractivity contribution in [1.82, 2.24) is 5.16 Å². The topological polar surface area (TPSA) is 26.0 Å². The van der Waals surface area contributed by atoms with Gasteiger partial charge < -0.3 is 4.52 Å². The molecular weight excluding hydrogens is 182 g/mol. The van der Waals surface area contributed by atoms with Crippen LogP contribution in [0.3, 0.4) is 0 Å². The third-order valence-electron chi connectivity index (χ3n) is 1.96. The molecule has 0 amide bonds. The molecule has 3 heteroatoms. The zero-order chi connectivity index (χ0) is 10.2. The van der Waals surface area contributed by atoms with Crippen LogP contribution in [0.2, 0.25) is 0 Å². The van der Waals surface area contributed by atoms with Gasteiger partial charge in [-0.3, -0.25) is 0 Å². The van der Waals surface area contributed by atoms with E-state index in [1.807, 2.05) is 6.92 Å². The number of hydrogen-bond donors (Lipinski definition) is 1. The van der Waals surface area contributed by atoms with Gasteiger partial charge in [0.25, 0.3) is 0 Å². The van der Waals surface area contributed by atoms with Gasteiger partial charge in [0, 0.05) is 5.41 Å². The normalized spacial score (nSPS) is 13.2. The smallest absolute Gasteiger partial charge is 0.154 e. The van der Waals surface area contributed by atoms with Crippen LogP contribution in [0, 0.1) is 6.92 Å². The lowest BCUT2D eigenvalue weighted by Crippen LogP contribution is -2.11. The Labute approximate surface area is 83.0 Å². The maximum atomic E-state index is 5.39. The first-order chi connectivity index (χ1) is 5.84. The van der Waals surface area contributed by atoms with Crippen LogP contribution in [0.4, 0.5) is 0 Å². The third kappa shape index (κ3) is 2.08. The number of thiol groups is 1. The fourth-order valence-electron chi connectivity index (χ4n) is 1.38. The largest absolute Gasteiger partial charge is 0.359 e. The molecule has 0 N–H and O–H groups in total. The van der Waals surface area contributed by atoms with Crippen molar-refractivity contribution in [2.75, 3.05) is 12.5 Å². The summed E-state index contributed by atoms with van der Waals surface area (Å²) in [5.74, 6) is 1.06. The Morgan fingerprint density at radius 3 is 2.08 bits per heavy atom. The summed E-state index contributed by atoms with van der Waals surface area (Å²) in [7, 11) is -0.121. The molecule has 0 unspecified atom stereocenters. The molecule has 1 rings (SSSR count). The van der Waals surface area contributed by atoms with Crippen molar-refractivity contribution in [2.24, 2.45) is 0 Å². The van der Waals surface area contributed by atoms with Crippen molar-refractivity contribution in [3.63, 3.8) is 0 Å². The van der Waals surface area contributed by atoms with E-state index >= 15 is 0 Å². The minimum atomic E-state index is -0.121. The molecule has 13 heavy (non-hydrogen) atoms. The van der Waals surface area contributed by atoms with Gasteiger partial charge in [0.1, 0.15) is 0 Å². The quantitative estimate of drug-likeness (QED) is 0.707. The maximum absolute atomic E-state index is 5.39.